The number of ether oxygens (including phenoxy) is 1. The first-order valence-electron chi connectivity index (χ1n) is 6.41. The van der Waals surface area contributed by atoms with Gasteiger partial charge in [-0.25, -0.2) is 4.79 Å². The van der Waals surface area contributed by atoms with Gasteiger partial charge in [0.25, 0.3) is 20.2 Å². The Morgan fingerprint density at radius 3 is 1.59 bits per heavy atom. The van der Waals surface area contributed by atoms with Gasteiger partial charge in [0, 0.05) is 0 Å². The summed E-state index contributed by atoms with van der Waals surface area (Å²) >= 11 is 0. The minimum atomic E-state index is -3.83. The Kier molecular flexibility index (Phi) is 5.48. The van der Waals surface area contributed by atoms with Crippen molar-refractivity contribution in [2.75, 3.05) is 25.6 Å². The molecule has 1 fully saturated rings. The molecule has 1 aliphatic heterocycles. The van der Waals surface area contributed by atoms with E-state index in [2.05, 4.69) is 0 Å². The van der Waals surface area contributed by atoms with E-state index in [4.69, 9.17) is 13.1 Å². The van der Waals surface area contributed by atoms with E-state index in [0.717, 1.165) is 17.4 Å². The number of amides is 1. The Balaban J connectivity index is 2.88. The van der Waals surface area contributed by atoms with Crippen LogP contribution in [0.4, 0.5) is 4.79 Å². The quantitative estimate of drug-likeness (QED) is 0.640. The zero-order valence-electron chi connectivity index (χ0n) is 13.1. The third-order valence-corrected chi connectivity index (χ3v) is 3.66. The van der Waals surface area contributed by atoms with Gasteiger partial charge in [0.1, 0.15) is 17.8 Å². The van der Waals surface area contributed by atoms with Crippen LogP contribution >= 0.6 is 0 Å². The van der Waals surface area contributed by atoms with Crippen molar-refractivity contribution in [3.63, 3.8) is 0 Å². The second kappa shape index (κ2) is 6.30. The number of hydrogen-bond donors (Lipinski definition) is 0. The maximum Gasteiger partial charge on any atom is 0.410 e. The molecule has 0 spiro atoms. The molecule has 22 heavy (non-hydrogen) atoms. The summed E-state index contributed by atoms with van der Waals surface area (Å²) in [4.78, 5) is 13.1. The van der Waals surface area contributed by atoms with Gasteiger partial charge in [-0.1, -0.05) is 0 Å². The van der Waals surface area contributed by atoms with Crippen molar-refractivity contribution in [1.29, 1.82) is 0 Å². The van der Waals surface area contributed by atoms with Crippen molar-refractivity contribution in [3.05, 3.63) is 0 Å². The number of likely N-dealkylation sites (tertiary alicyclic amines) is 1. The molecule has 11 heteroatoms. The van der Waals surface area contributed by atoms with Gasteiger partial charge >= 0.3 is 6.09 Å². The molecule has 1 rings (SSSR count). The summed E-state index contributed by atoms with van der Waals surface area (Å²) in [5, 5.41) is 0. The minimum absolute atomic E-state index is 0.151. The standard InChI is InChI=1S/C11H21NO8S2/c1-11(2,3)18-10(13)12-6-8(19-21(4,14)15)9(7-12)20-22(5,16)17/h8-9H,6-7H2,1-5H3. The maximum absolute atomic E-state index is 12.0. The molecule has 0 bridgehead atoms. The summed E-state index contributed by atoms with van der Waals surface area (Å²) in [7, 11) is -7.67. The Hall–Kier alpha value is -0.910. The van der Waals surface area contributed by atoms with Crippen LogP contribution in [0.1, 0.15) is 20.8 Å². The fourth-order valence-electron chi connectivity index (χ4n) is 1.85. The monoisotopic (exact) mass is 359 g/mol. The Morgan fingerprint density at radius 2 is 1.32 bits per heavy atom. The molecule has 9 nitrogen and oxygen atoms in total. The van der Waals surface area contributed by atoms with Crippen molar-refractivity contribution in [2.24, 2.45) is 0 Å². The lowest BCUT2D eigenvalue weighted by molar-refractivity contribution is 0.0271. The molecule has 1 aliphatic rings. The molecule has 2 unspecified atom stereocenters. The molecule has 0 aliphatic carbocycles. The lowest BCUT2D eigenvalue weighted by Crippen LogP contribution is -2.36. The first kappa shape index (κ1) is 19.1. The molecule has 0 N–H and O–H groups in total. The molecule has 0 aromatic carbocycles. The number of rotatable bonds is 4. The van der Waals surface area contributed by atoms with Gasteiger partial charge in [-0.05, 0) is 20.8 Å². The van der Waals surface area contributed by atoms with Crippen LogP contribution in [-0.2, 0) is 33.3 Å². The molecule has 1 saturated heterocycles. The van der Waals surface area contributed by atoms with Crippen LogP contribution in [0.15, 0.2) is 0 Å². The van der Waals surface area contributed by atoms with Gasteiger partial charge in [-0.15, -0.1) is 0 Å². The zero-order valence-corrected chi connectivity index (χ0v) is 14.7. The summed E-state index contributed by atoms with van der Waals surface area (Å²) in [5.74, 6) is 0. The Morgan fingerprint density at radius 1 is 0.955 bits per heavy atom. The molecule has 2 atom stereocenters. The van der Waals surface area contributed by atoms with Gasteiger partial charge in [0.15, 0.2) is 0 Å². The first-order chi connectivity index (χ1) is 9.66. The Labute approximate surface area is 130 Å². The molecule has 0 saturated carbocycles. The molecule has 0 radical (unpaired) electrons. The van der Waals surface area contributed by atoms with E-state index in [9.17, 15) is 21.6 Å². The lowest BCUT2D eigenvalue weighted by Gasteiger charge is -2.24. The first-order valence-corrected chi connectivity index (χ1v) is 10.0. The number of nitrogens with zero attached hydrogens (tertiary/aromatic N) is 1. The predicted octanol–water partition coefficient (Wildman–Crippen LogP) is -0.0733. The van der Waals surface area contributed by atoms with Crippen molar-refractivity contribution in [1.82, 2.24) is 4.90 Å². The number of carbonyl (C=O) groups excluding carboxylic acids is 1. The summed E-state index contributed by atoms with van der Waals surface area (Å²) in [6, 6.07) is 0. The molecule has 1 heterocycles. The predicted molar refractivity (Wildman–Crippen MR) is 77.2 cm³/mol. The van der Waals surface area contributed by atoms with Gasteiger partial charge in [-0.3, -0.25) is 8.37 Å². The lowest BCUT2D eigenvalue weighted by atomic mass is 10.2. The van der Waals surface area contributed by atoms with E-state index >= 15 is 0 Å². The average molecular weight is 359 g/mol. The van der Waals surface area contributed by atoms with E-state index in [1.54, 1.807) is 20.8 Å². The fourth-order valence-corrected chi connectivity index (χ4v) is 3.12. The van der Waals surface area contributed by atoms with E-state index in [1.165, 1.54) is 0 Å². The fraction of sp³-hybridized carbons (Fsp3) is 0.909. The average Bonchev–Trinajstić information content (AvgIpc) is 2.53. The smallest absolute Gasteiger partial charge is 0.410 e. The molecule has 0 aromatic rings. The number of hydrogen-bond acceptors (Lipinski definition) is 8. The van der Waals surface area contributed by atoms with Crippen molar-refractivity contribution >= 4 is 26.3 Å². The molecule has 130 valence electrons. The second-order valence-corrected chi connectivity index (χ2v) is 9.26. The van der Waals surface area contributed by atoms with Crippen LogP contribution in [0.2, 0.25) is 0 Å². The highest BCUT2D eigenvalue weighted by molar-refractivity contribution is 7.86. The summed E-state index contributed by atoms with van der Waals surface area (Å²) in [6.45, 7) is 4.73. The van der Waals surface area contributed by atoms with Crippen LogP contribution in [-0.4, -0.2) is 71.2 Å². The molecule has 0 aromatic heterocycles. The second-order valence-electron chi connectivity index (χ2n) is 6.06. The topological polar surface area (TPSA) is 116 Å². The third-order valence-electron chi connectivity index (χ3n) is 2.46. The minimum Gasteiger partial charge on any atom is -0.444 e. The van der Waals surface area contributed by atoms with E-state index in [0.29, 0.717) is 0 Å². The highest BCUT2D eigenvalue weighted by Crippen LogP contribution is 2.22. The maximum atomic E-state index is 12.0. The highest BCUT2D eigenvalue weighted by Gasteiger charge is 2.42. The van der Waals surface area contributed by atoms with Gasteiger partial charge in [0.2, 0.25) is 0 Å². The van der Waals surface area contributed by atoms with Crippen LogP contribution < -0.4 is 0 Å². The largest absolute Gasteiger partial charge is 0.444 e. The molecular weight excluding hydrogens is 338 g/mol. The van der Waals surface area contributed by atoms with Crippen molar-refractivity contribution < 1.29 is 34.7 Å². The van der Waals surface area contributed by atoms with Crippen LogP contribution in [0.3, 0.4) is 0 Å². The summed E-state index contributed by atoms with van der Waals surface area (Å²) < 4.78 is 59.7. The molecule has 1 amide bonds. The van der Waals surface area contributed by atoms with E-state index in [1.807, 2.05) is 0 Å². The van der Waals surface area contributed by atoms with Gasteiger partial charge in [-0.2, -0.15) is 16.8 Å². The Bertz CT molecular complexity index is 577. The van der Waals surface area contributed by atoms with Crippen molar-refractivity contribution in [2.45, 2.75) is 38.6 Å². The summed E-state index contributed by atoms with van der Waals surface area (Å²) in [6.07, 6.45) is -1.26. The van der Waals surface area contributed by atoms with Crippen LogP contribution in [0.25, 0.3) is 0 Å². The summed E-state index contributed by atoms with van der Waals surface area (Å²) in [5.41, 5.74) is -0.736. The van der Waals surface area contributed by atoms with E-state index in [-0.39, 0.29) is 13.1 Å². The highest BCUT2D eigenvalue weighted by atomic mass is 32.2. The van der Waals surface area contributed by atoms with Gasteiger partial charge in [0.05, 0.1) is 25.6 Å². The van der Waals surface area contributed by atoms with Crippen LogP contribution in [0, 0.1) is 0 Å². The van der Waals surface area contributed by atoms with E-state index < -0.39 is 44.1 Å². The van der Waals surface area contributed by atoms with Crippen LogP contribution in [0.5, 0.6) is 0 Å². The third kappa shape index (κ3) is 6.90. The van der Waals surface area contributed by atoms with Gasteiger partial charge < -0.3 is 9.64 Å². The SMILES string of the molecule is CC(C)(C)OC(=O)N1CC(OS(C)(=O)=O)C(OS(C)(=O)=O)C1. The molecular formula is C11H21NO8S2. The zero-order chi connectivity index (χ0) is 17.3. The normalized spacial score (nSPS) is 23.6. The number of carbonyl (C=O) groups is 1. The van der Waals surface area contributed by atoms with Crippen molar-refractivity contribution in [3.8, 4) is 0 Å².